The lowest BCUT2D eigenvalue weighted by Gasteiger charge is -2.10. The number of halogens is 1. The quantitative estimate of drug-likeness (QED) is 0.729. The van der Waals surface area contributed by atoms with E-state index in [4.69, 9.17) is 21.4 Å². The van der Waals surface area contributed by atoms with Gasteiger partial charge in [-0.15, -0.1) is 0 Å². The Bertz CT molecular complexity index is 674. The predicted molar refractivity (Wildman–Crippen MR) is 95.5 cm³/mol. The largest absolute Gasteiger partial charge is 0.492 e. The molecule has 0 atom stereocenters. The first-order valence-corrected chi connectivity index (χ1v) is 8.34. The highest BCUT2D eigenvalue weighted by Crippen LogP contribution is 2.26. The zero-order valence-corrected chi connectivity index (χ0v) is 15.0. The SMILES string of the molecule is CCCOc1ccc(C(=O)NC(=S)NCc2ccco2)cc1Br. The molecule has 0 unspecified atom stereocenters. The Morgan fingerprint density at radius 1 is 1.39 bits per heavy atom. The van der Waals surface area contributed by atoms with E-state index in [1.807, 2.05) is 13.0 Å². The molecule has 0 saturated carbocycles. The van der Waals surface area contributed by atoms with Gasteiger partial charge < -0.3 is 14.5 Å². The second kappa shape index (κ2) is 8.69. The minimum atomic E-state index is -0.287. The van der Waals surface area contributed by atoms with Gasteiger partial charge in [0.25, 0.3) is 5.91 Å². The second-order valence-corrected chi connectivity index (χ2v) is 5.97. The van der Waals surface area contributed by atoms with Crippen molar-refractivity contribution in [3.05, 3.63) is 52.4 Å². The van der Waals surface area contributed by atoms with E-state index in [2.05, 4.69) is 26.6 Å². The minimum absolute atomic E-state index is 0.244. The Morgan fingerprint density at radius 3 is 2.87 bits per heavy atom. The minimum Gasteiger partial charge on any atom is -0.492 e. The maximum Gasteiger partial charge on any atom is 0.257 e. The number of benzene rings is 1. The van der Waals surface area contributed by atoms with Gasteiger partial charge in [-0.25, -0.2) is 0 Å². The number of nitrogens with one attached hydrogen (secondary N) is 2. The number of furan rings is 1. The lowest BCUT2D eigenvalue weighted by molar-refractivity contribution is 0.0976. The van der Waals surface area contributed by atoms with E-state index in [0.717, 1.165) is 16.7 Å². The average Bonchev–Trinajstić information content (AvgIpc) is 3.05. The standard InChI is InChI=1S/C16H17BrN2O3S/c1-2-7-22-14-6-5-11(9-13(14)17)15(20)19-16(23)18-10-12-4-3-8-21-12/h3-6,8-9H,2,7,10H2,1H3,(H2,18,19,20,23). The molecule has 7 heteroatoms. The molecule has 2 rings (SSSR count). The van der Waals surface area contributed by atoms with Crippen LogP contribution in [0.4, 0.5) is 0 Å². The van der Waals surface area contributed by atoms with Crippen molar-refractivity contribution in [3.8, 4) is 5.75 Å². The summed E-state index contributed by atoms with van der Waals surface area (Å²) in [6.07, 6.45) is 2.50. The average molecular weight is 397 g/mol. The fourth-order valence-electron chi connectivity index (χ4n) is 1.77. The van der Waals surface area contributed by atoms with Gasteiger partial charge in [0.1, 0.15) is 11.5 Å². The molecule has 0 aliphatic rings. The van der Waals surface area contributed by atoms with Crippen LogP contribution in [0.2, 0.25) is 0 Å². The van der Waals surface area contributed by atoms with Crippen molar-refractivity contribution >= 4 is 39.2 Å². The van der Waals surface area contributed by atoms with Crippen LogP contribution in [0, 0.1) is 0 Å². The molecule has 2 aromatic rings. The van der Waals surface area contributed by atoms with Crippen LogP contribution in [-0.2, 0) is 6.54 Å². The first kappa shape index (κ1) is 17.5. The van der Waals surface area contributed by atoms with Crippen molar-refractivity contribution < 1.29 is 13.9 Å². The van der Waals surface area contributed by atoms with Crippen molar-refractivity contribution in [2.75, 3.05) is 6.61 Å². The number of thiocarbonyl (C=S) groups is 1. The molecule has 122 valence electrons. The lowest BCUT2D eigenvalue weighted by atomic mass is 10.2. The molecule has 5 nitrogen and oxygen atoms in total. The van der Waals surface area contributed by atoms with Crippen molar-refractivity contribution in [1.29, 1.82) is 0 Å². The van der Waals surface area contributed by atoms with E-state index in [1.54, 1.807) is 30.5 Å². The van der Waals surface area contributed by atoms with Gasteiger partial charge in [0, 0.05) is 5.56 Å². The van der Waals surface area contributed by atoms with Gasteiger partial charge in [0.05, 0.1) is 23.9 Å². The van der Waals surface area contributed by atoms with Gasteiger partial charge in [0.2, 0.25) is 0 Å². The van der Waals surface area contributed by atoms with Crippen LogP contribution in [-0.4, -0.2) is 17.6 Å². The molecule has 0 spiro atoms. The Morgan fingerprint density at radius 2 is 2.22 bits per heavy atom. The molecule has 1 amide bonds. The summed E-state index contributed by atoms with van der Waals surface area (Å²) in [5.74, 6) is 1.16. The third-order valence-corrected chi connectivity index (χ3v) is 3.75. The van der Waals surface area contributed by atoms with Crippen molar-refractivity contribution in [3.63, 3.8) is 0 Å². The monoisotopic (exact) mass is 396 g/mol. The van der Waals surface area contributed by atoms with E-state index in [0.29, 0.717) is 24.5 Å². The van der Waals surface area contributed by atoms with Crippen LogP contribution in [0.5, 0.6) is 5.75 Å². The van der Waals surface area contributed by atoms with Crippen LogP contribution in [0.3, 0.4) is 0 Å². The van der Waals surface area contributed by atoms with Crippen molar-refractivity contribution in [2.24, 2.45) is 0 Å². The van der Waals surface area contributed by atoms with Crippen LogP contribution in [0.25, 0.3) is 0 Å². The van der Waals surface area contributed by atoms with E-state index in [9.17, 15) is 4.79 Å². The van der Waals surface area contributed by atoms with Gasteiger partial charge in [-0.1, -0.05) is 6.92 Å². The van der Waals surface area contributed by atoms with Crippen LogP contribution in [0.15, 0.2) is 45.5 Å². The Labute approximate surface area is 148 Å². The third kappa shape index (κ3) is 5.37. The number of hydrogen-bond donors (Lipinski definition) is 2. The number of rotatable bonds is 6. The van der Waals surface area contributed by atoms with Crippen LogP contribution < -0.4 is 15.4 Å². The number of hydrogen-bond acceptors (Lipinski definition) is 4. The first-order chi connectivity index (χ1) is 11.1. The first-order valence-electron chi connectivity index (χ1n) is 7.14. The summed E-state index contributed by atoms with van der Waals surface area (Å²) in [4.78, 5) is 12.2. The smallest absolute Gasteiger partial charge is 0.257 e. The normalized spacial score (nSPS) is 10.2. The predicted octanol–water partition coefficient (Wildman–Crippen LogP) is 3.64. The summed E-state index contributed by atoms with van der Waals surface area (Å²) in [5.41, 5.74) is 0.489. The van der Waals surface area contributed by atoms with Crippen molar-refractivity contribution in [2.45, 2.75) is 19.9 Å². The van der Waals surface area contributed by atoms with E-state index in [-0.39, 0.29) is 11.0 Å². The topological polar surface area (TPSA) is 63.5 Å². The van der Waals surface area contributed by atoms with Crippen molar-refractivity contribution in [1.82, 2.24) is 10.6 Å². The Balaban J connectivity index is 1.89. The molecule has 0 aliphatic carbocycles. The fourth-order valence-corrected chi connectivity index (χ4v) is 2.43. The summed E-state index contributed by atoms with van der Waals surface area (Å²) < 4.78 is 11.5. The fraction of sp³-hybridized carbons (Fsp3) is 0.250. The number of carbonyl (C=O) groups is 1. The molecule has 0 radical (unpaired) electrons. The second-order valence-electron chi connectivity index (χ2n) is 4.71. The van der Waals surface area contributed by atoms with Crippen LogP contribution >= 0.6 is 28.1 Å². The summed E-state index contributed by atoms with van der Waals surface area (Å²) in [6.45, 7) is 3.08. The molecular formula is C16H17BrN2O3S. The van der Waals surface area contributed by atoms with Gasteiger partial charge in [-0.2, -0.15) is 0 Å². The third-order valence-electron chi connectivity index (χ3n) is 2.89. The van der Waals surface area contributed by atoms with E-state index < -0.39 is 0 Å². The molecule has 23 heavy (non-hydrogen) atoms. The summed E-state index contributed by atoms with van der Waals surface area (Å²) >= 11 is 8.50. The summed E-state index contributed by atoms with van der Waals surface area (Å²) in [5, 5.41) is 5.78. The maximum absolute atomic E-state index is 12.2. The zero-order chi connectivity index (χ0) is 16.7. The van der Waals surface area contributed by atoms with E-state index >= 15 is 0 Å². The summed E-state index contributed by atoms with van der Waals surface area (Å²) in [7, 11) is 0. The van der Waals surface area contributed by atoms with Gasteiger partial charge in [-0.05, 0) is 64.9 Å². The summed E-state index contributed by atoms with van der Waals surface area (Å²) in [6, 6.07) is 8.77. The molecule has 0 fully saturated rings. The van der Waals surface area contributed by atoms with Gasteiger partial charge >= 0.3 is 0 Å². The molecule has 2 N–H and O–H groups in total. The highest BCUT2D eigenvalue weighted by molar-refractivity contribution is 9.10. The molecule has 0 aliphatic heterocycles. The number of amides is 1. The molecule has 1 aromatic heterocycles. The molecule has 0 bridgehead atoms. The highest BCUT2D eigenvalue weighted by Gasteiger charge is 2.11. The maximum atomic E-state index is 12.2. The molecule has 1 aromatic carbocycles. The van der Waals surface area contributed by atoms with Gasteiger partial charge in [0.15, 0.2) is 5.11 Å². The molecular weight excluding hydrogens is 380 g/mol. The van der Waals surface area contributed by atoms with Crippen LogP contribution in [0.1, 0.15) is 29.5 Å². The van der Waals surface area contributed by atoms with E-state index in [1.165, 1.54) is 0 Å². The number of carbonyl (C=O) groups excluding carboxylic acids is 1. The lowest BCUT2D eigenvalue weighted by Crippen LogP contribution is -2.38. The Kier molecular flexibility index (Phi) is 6.61. The molecule has 1 heterocycles. The van der Waals surface area contributed by atoms with Gasteiger partial charge in [-0.3, -0.25) is 10.1 Å². The Hall–Kier alpha value is -1.86. The highest BCUT2D eigenvalue weighted by atomic mass is 79.9. The number of ether oxygens (including phenoxy) is 1. The molecule has 0 saturated heterocycles. The zero-order valence-electron chi connectivity index (χ0n) is 12.6.